The summed E-state index contributed by atoms with van der Waals surface area (Å²) in [6.07, 6.45) is 0.535. The molecule has 0 atom stereocenters. The third-order valence-electron chi connectivity index (χ3n) is 3.78. The van der Waals surface area contributed by atoms with Crippen molar-refractivity contribution >= 4 is 11.7 Å². The summed E-state index contributed by atoms with van der Waals surface area (Å²) in [4.78, 5) is 15.6. The van der Waals surface area contributed by atoms with Gasteiger partial charge in [0.05, 0.1) is 5.69 Å². The Balaban J connectivity index is 2.18. The van der Waals surface area contributed by atoms with Crippen molar-refractivity contribution in [3.8, 4) is 6.07 Å². The number of aryl methyl sites for hydroxylation is 1. The topological polar surface area (TPSA) is 73.1 Å². The van der Waals surface area contributed by atoms with E-state index in [0.717, 1.165) is 11.3 Å². The summed E-state index contributed by atoms with van der Waals surface area (Å²) in [5, 5.41) is 17.6. The van der Waals surface area contributed by atoms with E-state index in [1.807, 2.05) is 30.6 Å². The fraction of sp³-hybridized carbons (Fsp3) is 0.571. The quantitative estimate of drug-likeness (QED) is 0.804. The van der Waals surface area contributed by atoms with E-state index < -0.39 is 0 Å². The van der Waals surface area contributed by atoms with Gasteiger partial charge in [-0.25, -0.2) is 0 Å². The maximum Gasteiger partial charge on any atom is 0.222 e. The molecule has 6 heteroatoms. The van der Waals surface area contributed by atoms with Crippen molar-refractivity contribution in [3.63, 3.8) is 0 Å². The molecule has 0 unspecified atom stereocenters. The predicted octanol–water partition coefficient (Wildman–Crippen LogP) is 1.02. The van der Waals surface area contributed by atoms with Crippen LogP contribution in [-0.4, -0.2) is 47.2 Å². The van der Waals surface area contributed by atoms with E-state index in [1.165, 1.54) is 0 Å². The Labute approximate surface area is 119 Å². The summed E-state index contributed by atoms with van der Waals surface area (Å²) in [6, 6.07) is 2.22. The van der Waals surface area contributed by atoms with Crippen LogP contribution in [0, 0.1) is 25.2 Å². The molecular formula is C14H19N5O. The molecule has 1 aliphatic rings. The molecule has 0 aliphatic carbocycles. The molecule has 1 aliphatic heterocycles. The molecule has 2 rings (SSSR count). The lowest BCUT2D eigenvalue weighted by molar-refractivity contribution is -0.131. The summed E-state index contributed by atoms with van der Waals surface area (Å²) >= 11 is 0. The van der Waals surface area contributed by atoms with Gasteiger partial charge in [-0.05, 0) is 19.4 Å². The molecule has 0 aromatic carbocycles. The Hall–Kier alpha value is -2.16. The Bertz CT molecular complexity index is 555. The van der Waals surface area contributed by atoms with Crippen molar-refractivity contribution in [3.05, 3.63) is 16.8 Å². The molecular weight excluding hydrogens is 254 g/mol. The van der Waals surface area contributed by atoms with E-state index in [4.69, 9.17) is 0 Å². The number of aromatic nitrogens is 2. The highest BCUT2D eigenvalue weighted by Crippen LogP contribution is 2.22. The third-order valence-corrected chi connectivity index (χ3v) is 3.78. The highest BCUT2D eigenvalue weighted by Gasteiger charge is 2.24. The van der Waals surface area contributed by atoms with Gasteiger partial charge in [0.2, 0.25) is 5.91 Å². The molecule has 20 heavy (non-hydrogen) atoms. The minimum atomic E-state index is 0.177. The van der Waals surface area contributed by atoms with Crippen molar-refractivity contribution < 1.29 is 4.79 Å². The molecule has 2 heterocycles. The first-order valence-corrected chi connectivity index (χ1v) is 6.85. The Morgan fingerprint density at radius 2 is 1.90 bits per heavy atom. The largest absolute Gasteiger partial charge is 0.350 e. The standard InChI is InChI=1S/C14H19N5O/c1-4-13(20)18-5-7-19(8-6-18)14-12(9-15)10(2)11(3)16-17-14/h4-8H2,1-3H3. The minimum Gasteiger partial charge on any atom is -0.350 e. The van der Waals surface area contributed by atoms with Crippen LogP contribution in [0.4, 0.5) is 5.82 Å². The number of carbonyl (C=O) groups excluding carboxylic acids is 1. The first kappa shape index (κ1) is 14.3. The predicted molar refractivity (Wildman–Crippen MR) is 75.3 cm³/mol. The average molecular weight is 273 g/mol. The van der Waals surface area contributed by atoms with E-state index >= 15 is 0 Å². The second-order valence-electron chi connectivity index (χ2n) is 4.94. The minimum absolute atomic E-state index is 0.177. The monoisotopic (exact) mass is 273 g/mol. The fourth-order valence-electron chi connectivity index (χ4n) is 2.34. The average Bonchev–Trinajstić information content (AvgIpc) is 2.49. The van der Waals surface area contributed by atoms with Gasteiger partial charge in [0.1, 0.15) is 11.6 Å². The number of carbonyl (C=O) groups is 1. The molecule has 0 N–H and O–H groups in total. The number of anilines is 1. The molecule has 0 saturated carbocycles. The Morgan fingerprint density at radius 3 is 2.45 bits per heavy atom. The van der Waals surface area contributed by atoms with Crippen LogP contribution in [0.25, 0.3) is 0 Å². The van der Waals surface area contributed by atoms with E-state index in [1.54, 1.807) is 0 Å². The second kappa shape index (κ2) is 5.87. The molecule has 6 nitrogen and oxygen atoms in total. The lowest BCUT2D eigenvalue weighted by atomic mass is 10.1. The maximum absolute atomic E-state index is 11.7. The van der Waals surface area contributed by atoms with E-state index in [-0.39, 0.29) is 5.91 Å². The molecule has 0 spiro atoms. The molecule has 1 aromatic heterocycles. The number of hydrogen-bond donors (Lipinski definition) is 0. The summed E-state index contributed by atoms with van der Waals surface area (Å²) in [5.74, 6) is 0.815. The molecule has 1 amide bonds. The normalized spacial score (nSPS) is 15.1. The van der Waals surface area contributed by atoms with Gasteiger partial charge in [-0.1, -0.05) is 6.92 Å². The van der Waals surface area contributed by atoms with E-state index in [0.29, 0.717) is 44.0 Å². The molecule has 0 radical (unpaired) electrons. The van der Waals surface area contributed by atoms with Crippen LogP contribution in [-0.2, 0) is 4.79 Å². The summed E-state index contributed by atoms with van der Waals surface area (Å²) in [5.41, 5.74) is 2.25. The summed E-state index contributed by atoms with van der Waals surface area (Å²) in [6.45, 7) is 8.35. The molecule has 106 valence electrons. The molecule has 1 fully saturated rings. The summed E-state index contributed by atoms with van der Waals surface area (Å²) < 4.78 is 0. The van der Waals surface area contributed by atoms with Crippen LogP contribution in [0.3, 0.4) is 0 Å². The van der Waals surface area contributed by atoms with Crippen molar-refractivity contribution in [2.45, 2.75) is 27.2 Å². The van der Waals surface area contributed by atoms with Gasteiger partial charge in [0, 0.05) is 32.6 Å². The van der Waals surface area contributed by atoms with Gasteiger partial charge in [0.15, 0.2) is 5.82 Å². The molecule has 0 bridgehead atoms. The lowest BCUT2D eigenvalue weighted by Gasteiger charge is -2.35. The highest BCUT2D eigenvalue weighted by atomic mass is 16.2. The second-order valence-corrected chi connectivity index (χ2v) is 4.94. The number of piperazine rings is 1. The number of nitrogens with zero attached hydrogens (tertiary/aromatic N) is 5. The lowest BCUT2D eigenvalue weighted by Crippen LogP contribution is -2.49. The van der Waals surface area contributed by atoms with Gasteiger partial charge in [-0.15, -0.1) is 5.10 Å². The maximum atomic E-state index is 11.7. The highest BCUT2D eigenvalue weighted by molar-refractivity contribution is 5.76. The third kappa shape index (κ3) is 2.57. The van der Waals surface area contributed by atoms with Crippen LogP contribution >= 0.6 is 0 Å². The first-order chi connectivity index (χ1) is 9.58. The van der Waals surface area contributed by atoms with Crippen LogP contribution in [0.2, 0.25) is 0 Å². The zero-order valence-electron chi connectivity index (χ0n) is 12.2. The van der Waals surface area contributed by atoms with Crippen LogP contribution in [0.5, 0.6) is 0 Å². The van der Waals surface area contributed by atoms with Crippen molar-refractivity contribution in [1.82, 2.24) is 15.1 Å². The fourth-order valence-corrected chi connectivity index (χ4v) is 2.34. The van der Waals surface area contributed by atoms with Gasteiger partial charge >= 0.3 is 0 Å². The van der Waals surface area contributed by atoms with Gasteiger partial charge < -0.3 is 9.80 Å². The van der Waals surface area contributed by atoms with Crippen molar-refractivity contribution in [2.75, 3.05) is 31.1 Å². The van der Waals surface area contributed by atoms with Crippen molar-refractivity contribution in [2.24, 2.45) is 0 Å². The van der Waals surface area contributed by atoms with Crippen molar-refractivity contribution in [1.29, 1.82) is 5.26 Å². The molecule has 1 saturated heterocycles. The number of hydrogen-bond acceptors (Lipinski definition) is 5. The van der Waals surface area contributed by atoms with Gasteiger partial charge in [-0.2, -0.15) is 10.4 Å². The van der Waals surface area contributed by atoms with Crippen LogP contribution < -0.4 is 4.90 Å². The number of nitriles is 1. The van der Waals surface area contributed by atoms with Gasteiger partial charge in [-0.3, -0.25) is 4.79 Å². The van der Waals surface area contributed by atoms with E-state index in [2.05, 4.69) is 16.3 Å². The Morgan fingerprint density at radius 1 is 1.25 bits per heavy atom. The smallest absolute Gasteiger partial charge is 0.222 e. The zero-order chi connectivity index (χ0) is 14.7. The first-order valence-electron chi connectivity index (χ1n) is 6.85. The van der Waals surface area contributed by atoms with Gasteiger partial charge in [0.25, 0.3) is 0 Å². The SMILES string of the molecule is CCC(=O)N1CCN(c2nnc(C)c(C)c2C#N)CC1. The number of rotatable bonds is 2. The van der Waals surface area contributed by atoms with Crippen LogP contribution in [0.15, 0.2) is 0 Å². The Kier molecular flexibility index (Phi) is 4.18. The summed E-state index contributed by atoms with van der Waals surface area (Å²) in [7, 11) is 0. The van der Waals surface area contributed by atoms with E-state index in [9.17, 15) is 10.1 Å². The number of amides is 1. The molecule has 1 aromatic rings. The van der Waals surface area contributed by atoms with Crippen LogP contribution in [0.1, 0.15) is 30.2 Å². The zero-order valence-corrected chi connectivity index (χ0v) is 12.2.